The number of rotatable bonds is 2. The third kappa shape index (κ3) is 1.79. The fourth-order valence-corrected chi connectivity index (χ4v) is 2.21. The Morgan fingerprint density at radius 1 is 1.18 bits per heavy atom. The molecule has 4 heteroatoms. The third-order valence-electron chi connectivity index (χ3n) is 3.45. The minimum Gasteiger partial charge on any atom is -0.342 e. The first kappa shape index (κ1) is 10.3. The van der Waals surface area contributed by atoms with E-state index in [1.54, 1.807) is 0 Å². The molecule has 1 saturated carbocycles. The van der Waals surface area contributed by atoms with Gasteiger partial charge >= 0.3 is 0 Å². The van der Waals surface area contributed by atoms with E-state index in [1.807, 2.05) is 30.3 Å². The summed E-state index contributed by atoms with van der Waals surface area (Å²) in [6.45, 7) is 0. The van der Waals surface area contributed by atoms with Crippen LogP contribution >= 0.6 is 0 Å². The molecular weight excluding hydrogens is 216 g/mol. The van der Waals surface area contributed by atoms with E-state index in [0.717, 1.165) is 18.4 Å². The third-order valence-corrected chi connectivity index (χ3v) is 3.45. The smallest absolute Gasteiger partial charge is 0.246 e. The van der Waals surface area contributed by atoms with Crippen LogP contribution in [0.4, 0.5) is 0 Å². The lowest BCUT2D eigenvalue weighted by Gasteiger charge is -2.29. The molecule has 0 aromatic heterocycles. The standard InChI is InChI=1S/C13H14N2O2/c16-11-10(8-9-4-2-1-3-5-9)14-12(17)13(15-11)6-7-13/h1-5,10H,6-8H2,(H,14,17)(H,15,16)/t10-/m0/s1. The van der Waals surface area contributed by atoms with Gasteiger partial charge in [-0.25, -0.2) is 0 Å². The van der Waals surface area contributed by atoms with Crippen molar-refractivity contribution in [1.29, 1.82) is 0 Å². The summed E-state index contributed by atoms with van der Waals surface area (Å²) < 4.78 is 0. The molecule has 2 aliphatic rings. The van der Waals surface area contributed by atoms with Gasteiger partial charge in [0.25, 0.3) is 0 Å². The van der Waals surface area contributed by atoms with E-state index in [9.17, 15) is 9.59 Å². The van der Waals surface area contributed by atoms with Crippen LogP contribution in [0, 0.1) is 0 Å². The first-order chi connectivity index (χ1) is 8.20. The van der Waals surface area contributed by atoms with Crippen molar-refractivity contribution >= 4 is 11.8 Å². The highest BCUT2D eigenvalue weighted by molar-refractivity contribution is 6.01. The average molecular weight is 230 g/mol. The number of hydrogen-bond acceptors (Lipinski definition) is 2. The molecule has 3 rings (SSSR count). The zero-order chi connectivity index (χ0) is 11.9. The molecule has 1 spiro atoms. The summed E-state index contributed by atoms with van der Waals surface area (Å²) in [6, 6.07) is 9.28. The summed E-state index contributed by atoms with van der Waals surface area (Å²) in [5.41, 5.74) is 0.490. The summed E-state index contributed by atoms with van der Waals surface area (Å²) in [5.74, 6) is -0.0935. The van der Waals surface area contributed by atoms with E-state index in [0.29, 0.717) is 6.42 Å². The molecule has 0 bridgehead atoms. The predicted molar refractivity (Wildman–Crippen MR) is 62.2 cm³/mol. The average Bonchev–Trinajstić information content (AvgIpc) is 3.08. The van der Waals surface area contributed by atoms with Gasteiger partial charge in [0.15, 0.2) is 0 Å². The monoisotopic (exact) mass is 230 g/mol. The Morgan fingerprint density at radius 3 is 2.53 bits per heavy atom. The normalized spacial score (nSPS) is 25.3. The molecule has 1 aromatic carbocycles. The van der Waals surface area contributed by atoms with Crippen molar-refractivity contribution in [2.45, 2.75) is 30.8 Å². The maximum atomic E-state index is 11.9. The molecule has 4 nitrogen and oxygen atoms in total. The number of amides is 2. The lowest BCUT2D eigenvalue weighted by Crippen LogP contribution is -2.63. The van der Waals surface area contributed by atoms with E-state index >= 15 is 0 Å². The molecule has 2 amide bonds. The summed E-state index contributed by atoms with van der Waals surface area (Å²) in [6.07, 6.45) is 2.08. The molecule has 1 atom stereocenters. The van der Waals surface area contributed by atoms with Crippen molar-refractivity contribution < 1.29 is 9.59 Å². The molecule has 17 heavy (non-hydrogen) atoms. The van der Waals surface area contributed by atoms with Gasteiger partial charge in [-0.05, 0) is 18.4 Å². The Hall–Kier alpha value is -1.84. The highest BCUT2D eigenvalue weighted by Crippen LogP contribution is 2.37. The second kappa shape index (κ2) is 3.58. The topological polar surface area (TPSA) is 58.2 Å². The van der Waals surface area contributed by atoms with Crippen LogP contribution in [0.5, 0.6) is 0 Å². The molecule has 1 heterocycles. The first-order valence-corrected chi connectivity index (χ1v) is 5.87. The molecule has 0 radical (unpaired) electrons. The van der Waals surface area contributed by atoms with Gasteiger partial charge in [-0.2, -0.15) is 0 Å². The minimum absolute atomic E-state index is 0.0296. The van der Waals surface area contributed by atoms with Gasteiger partial charge in [-0.15, -0.1) is 0 Å². The van der Waals surface area contributed by atoms with Gasteiger partial charge in [0.2, 0.25) is 11.8 Å². The van der Waals surface area contributed by atoms with E-state index in [1.165, 1.54) is 0 Å². The molecular formula is C13H14N2O2. The highest BCUT2D eigenvalue weighted by atomic mass is 16.2. The van der Waals surface area contributed by atoms with Crippen LogP contribution < -0.4 is 10.6 Å². The zero-order valence-electron chi connectivity index (χ0n) is 9.40. The van der Waals surface area contributed by atoms with Crippen LogP contribution in [0.2, 0.25) is 0 Å². The summed E-state index contributed by atoms with van der Waals surface area (Å²) >= 11 is 0. The van der Waals surface area contributed by atoms with Gasteiger partial charge in [-0.3, -0.25) is 9.59 Å². The fourth-order valence-electron chi connectivity index (χ4n) is 2.21. The largest absolute Gasteiger partial charge is 0.342 e. The molecule has 1 aromatic rings. The number of carbonyl (C=O) groups excluding carboxylic acids is 2. The molecule has 88 valence electrons. The minimum atomic E-state index is -0.565. The zero-order valence-corrected chi connectivity index (χ0v) is 9.40. The van der Waals surface area contributed by atoms with Gasteiger partial charge in [-0.1, -0.05) is 30.3 Å². The number of benzene rings is 1. The Balaban J connectivity index is 1.72. The highest BCUT2D eigenvalue weighted by Gasteiger charge is 2.55. The molecule has 1 aliphatic carbocycles. The molecule has 0 unspecified atom stereocenters. The lowest BCUT2D eigenvalue weighted by atomic mass is 10.0. The van der Waals surface area contributed by atoms with Crippen molar-refractivity contribution in [3.05, 3.63) is 35.9 Å². The van der Waals surface area contributed by atoms with Crippen LogP contribution in [0.3, 0.4) is 0 Å². The lowest BCUT2D eigenvalue weighted by molar-refractivity contribution is -0.137. The first-order valence-electron chi connectivity index (χ1n) is 5.87. The number of hydrogen-bond donors (Lipinski definition) is 2. The van der Waals surface area contributed by atoms with Gasteiger partial charge in [0.05, 0.1) is 0 Å². The quantitative estimate of drug-likeness (QED) is 0.771. The van der Waals surface area contributed by atoms with Crippen LogP contribution in [0.25, 0.3) is 0 Å². The van der Waals surface area contributed by atoms with Gasteiger partial charge in [0, 0.05) is 6.42 Å². The van der Waals surface area contributed by atoms with E-state index < -0.39 is 11.6 Å². The molecule has 1 aliphatic heterocycles. The number of nitrogens with one attached hydrogen (secondary N) is 2. The van der Waals surface area contributed by atoms with Crippen LogP contribution in [0.1, 0.15) is 18.4 Å². The second-order valence-corrected chi connectivity index (χ2v) is 4.79. The van der Waals surface area contributed by atoms with Crippen LogP contribution in [0.15, 0.2) is 30.3 Å². The Bertz CT molecular complexity index is 466. The van der Waals surface area contributed by atoms with Crippen molar-refractivity contribution in [1.82, 2.24) is 10.6 Å². The van der Waals surface area contributed by atoms with Crippen molar-refractivity contribution in [3.63, 3.8) is 0 Å². The van der Waals surface area contributed by atoms with E-state index in [4.69, 9.17) is 0 Å². The maximum Gasteiger partial charge on any atom is 0.246 e. The Morgan fingerprint density at radius 2 is 1.88 bits per heavy atom. The molecule has 2 fully saturated rings. The van der Waals surface area contributed by atoms with Crippen LogP contribution in [-0.4, -0.2) is 23.4 Å². The number of piperazine rings is 1. The van der Waals surface area contributed by atoms with Crippen molar-refractivity contribution in [3.8, 4) is 0 Å². The van der Waals surface area contributed by atoms with E-state index in [2.05, 4.69) is 10.6 Å². The summed E-state index contributed by atoms with van der Waals surface area (Å²) in [7, 11) is 0. The predicted octanol–water partition coefficient (Wildman–Crippen LogP) is 0.376. The molecule has 2 N–H and O–H groups in total. The second-order valence-electron chi connectivity index (χ2n) is 4.79. The van der Waals surface area contributed by atoms with Crippen molar-refractivity contribution in [2.75, 3.05) is 0 Å². The molecule has 1 saturated heterocycles. The Labute approximate surface area is 99.4 Å². The van der Waals surface area contributed by atoms with Crippen molar-refractivity contribution in [2.24, 2.45) is 0 Å². The summed E-state index contributed by atoms with van der Waals surface area (Å²) in [4.78, 5) is 23.7. The summed E-state index contributed by atoms with van der Waals surface area (Å²) in [5, 5.41) is 5.65. The van der Waals surface area contributed by atoms with E-state index in [-0.39, 0.29) is 11.8 Å². The van der Waals surface area contributed by atoms with Gasteiger partial charge in [0.1, 0.15) is 11.6 Å². The SMILES string of the molecule is O=C1NC2(CC2)C(=O)N[C@H]1Cc1ccccc1. The fraction of sp³-hybridized carbons (Fsp3) is 0.385. The Kier molecular flexibility index (Phi) is 2.18. The maximum absolute atomic E-state index is 11.9. The van der Waals surface area contributed by atoms with Crippen LogP contribution in [-0.2, 0) is 16.0 Å². The number of carbonyl (C=O) groups is 2. The van der Waals surface area contributed by atoms with Gasteiger partial charge < -0.3 is 10.6 Å².